The average Bonchev–Trinajstić information content (AvgIpc) is 2.52. The Morgan fingerprint density at radius 1 is 1.32 bits per heavy atom. The topological polar surface area (TPSA) is 41.6 Å². The second-order valence-electron chi connectivity index (χ2n) is 5.24. The first-order valence-electron chi connectivity index (χ1n) is 7.09. The van der Waals surface area contributed by atoms with Crippen molar-refractivity contribution in [1.29, 1.82) is 0 Å². The molecule has 22 heavy (non-hydrogen) atoms. The van der Waals surface area contributed by atoms with Gasteiger partial charge in [0.25, 0.3) is 0 Å². The lowest BCUT2D eigenvalue weighted by Crippen LogP contribution is -2.50. The number of carbonyl (C=O) groups is 1. The number of Topliss-reactive ketones (excluding diaryl/α,β-unsaturated/α-hetero) is 1. The maximum Gasteiger partial charge on any atom is 0.416 e. The van der Waals surface area contributed by atoms with Crippen LogP contribution in [0.25, 0.3) is 0 Å². The number of nitrogens with zero attached hydrogens (tertiary/aromatic N) is 1. The van der Waals surface area contributed by atoms with Crippen LogP contribution in [0.5, 0.6) is 5.75 Å². The molecule has 1 aromatic rings. The van der Waals surface area contributed by atoms with Crippen LogP contribution in [-0.4, -0.2) is 50.0 Å². The quantitative estimate of drug-likeness (QED) is 0.865. The predicted octanol–water partition coefficient (Wildman–Crippen LogP) is 2.19. The van der Waals surface area contributed by atoms with Gasteiger partial charge in [0.2, 0.25) is 0 Å². The standard InChI is InChI=1S/C15H19F3N2O2/c1-10(20-7-5-19-6-8-20)14(21)12-4-3-11(15(16,17)18)9-13(12)22-2/h3-4,9-10,19H,5-8H2,1-2H3. The minimum Gasteiger partial charge on any atom is -0.496 e. The van der Waals surface area contributed by atoms with Crippen molar-refractivity contribution in [1.82, 2.24) is 10.2 Å². The fraction of sp³-hybridized carbons (Fsp3) is 0.533. The Labute approximate surface area is 127 Å². The lowest BCUT2D eigenvalue weighted by Gasteiger charge is -2.32. The van der Waals surface area contributed by atoms with Crippen molar-refractivity contribution in [3.05, 3.63) is 29.3 Å². The Kier molecular flexibility index (Phi) is 5.08. The first-order chi connectivity index (χ1) is 10.3. The molecule has 2 rings (SSSR count). The number of nitrogens with one attached hydrogen (secondary N) is 1. The third-order valence-electron chi connectivity index (χ3n) is 3.87. The summed E-state index contributed by atoms with van der Waals surface area (Å²) in [4.78, 5) is 14.6. The number of ether oxygens (including phenoxy) is 1. The van der Waals surface area contributed by atoms with Crippen LogP contribution in [0, 0.1) is 0 Å². The van der Waals surface area contributed by atoms with E-state index in [-0.39, 0.29) is 17.1 Å². The first-order valence-corrected chi connectivity index (χ1v) is 7.09. The van der Waals surface area contributed by atoms with Crippen molar-refractivity contribution in [3.8, 4) is 5.75 Å². The number of piperazine rings is 1. The molecule has 1 unspecified atom stereocenters. The molecule has 1 aliphatic rings. The molecule has 7 heteroatoms. The van der Waals surface area contributed by atoms with E-state index in [0.29, 0.717) is 0 Å². The summed E-state index contributed by atoms with van der Waals surface area (Å²) in [5.74, 6) is -0.269. The Balaban J connectivity index is 2.25. The zero-order valence-electron chi connectivity index (χ0n) is 12.5. The molecule has 0 radical (unpaired) electrons. The second-order valence-corrected chi connectivity index (χ2v) is 5.24. The highest BCUT2D eigenvalue weighted by molar-refractivity contribution is 6.02. The molecule has 122 valence electrons. The van der Waals surface area contributed by atoms with Gasteiger partial charge in [0.15, 0.2) is 5.78 Å². The number of hydrogen-bond donors (Lipinski definition) is 1. The van der Waals surface area contributed by atoms with Gasteiger partial charge in [-0.1, -0.05) is 0 Å². The van der Waals surface area contributed by atoms with Gasteiger partial charge in [0.1, 0.15) is 5.75 Å². The van der Waals surface area contributed by atoms with Crippen molar-refractivity contribution in [2.75, 3.05) is 33.3 Å². The highest BCUT2D eigenvalue weighted by Gasteiger charge is 2.33. The normalized spacial score (nSPS) is 18.0. The van der Waals surface area contributed by atoms with Crippen molar-refractivity contribution in [2.24, 2.45) is 0 Å². The number of alkyl halides is 3. The van der Waals surface area contributed by atoms with E-state index in [1.807, 2.05) is 4.90 Å². The summed E-state index contributed by atoms with van der Waals surface area (Å²) in [6, 6.07) is 2.59. The molecule has 0 bridgehead atoms. The fourth-order valence-corrected chi connectivity index (χ4v) is 2.53. The number of halogens is 3. The molecule has 1 N–H and O–H groups in total. The molecule has 1 heterocycles. The Morgan fingerprint density at radius 2 is 1.95 bits per heavy atom. The molecule has 0 saturated carbocycles. The van der Waals surface area contributed by atoms with Crippen molar-refractivity contribution >= 4 is 5.78 Å². The fourth-order valence-electron chi connectivity index (χ4n) is 2.53. The number of rotatable bonds is 4. The summed E-state index contributed by atoms with van der Waals surface area (Å²) in [5, 5.41) is 3.19. The van der Waals surface area contributed by atoms with Gasteiger partial charge < -0.3 is 10.1 Å². The van der Waals surface area contributed by atoms with Crippen LogP contribution in [0.2, 0.25) is 0 Å². The number of ketones is 1. The monoisotopic (exact) mass is 316 g/mol. The molecule has 1 aromatic carbocycles. The van der Waals surface area contributed by atoms with E-state index in [2.05, 4.69) is 5.32 Å². The summed E-state index contributed by atoms with van der Waals surface area (Å²) in [6.07, 6.45) is -4.46. The lowest BCUT2D eigenvalue weighted by molar-refractivity contribution is -0.137. The van der Waals surface area contributed by atoms with Gasteiger partial charge in [0, 0.05) is 26.2 Å². The number of hydrogen-bond acceptors (Lipinski definition) is 4. The van der Waals surface area contributed by atoms with E-state index in [9.17, 15) is 18.0 Å². The molecule has 0 aliphatic carbocycles. The van der Waals surface area contributed by atoms with Crippen LogP contribution in [0.3, 0.4) is 0 Å². The van der Waals surface area contributed by atoms with Crippen LogP contribution in [0.4, 0.5) is 13.2 Å². The van der Waals surface area contributed by atoms with E-state index < -0.39 is 17.8 Å². The summed E-state index contributed by atoms with van der Waals surface area (Å²) >= 11 is 0. The van der Waals surface area contributed by atoms with E-state index >= 15 is 0 Å². The van der Waals surface area contributed by atoms with Crippen LogP contribution in [0.15, 0.2) is 18.2 Å². The zero-order valence-corrected chi connectivity index (χ0v) is 12.5. The van der Waals surface area contributed by atoms with E-state index in [0.717, 1.165) is 38.3 Å². The van der Waals surface area contributed by atoms with Gasteiger partial charge >= 0.3 is 6.18 Å². The van der Waals surface area contributed by atoms with Gasteiger partial charge in [0.05, 0.1) is 24.3 Å². The summed E-state index contributed by atoms with van der Waals surface area (Å²) in [7, 11) is 1.27. The van der Waals surface area contributed by atoms with Gasteiger partial charge in [-0.3, -0.25) is 9.69 Å². The molecule has 0 spiro atoms. The van der Waals surface area contributed by atoms with E-state index in [1.54, 1.807) is 6.92 Å². The van der Waals surface area contributed by atoms with E-state index in [1.165, 1.54) is 13.2 Å². The Bertz CT molecular complexity index is 540. The van der Waals surface area contributed by atoms with Gasteiger partial charge in [-0.05, 0) is 25.1 Å². The molecule has 0 aromatic heterocycles. The van der Waals surface area contributed by atoms with Crippen LogP contribution < -0.4 is 10.1 Å². The van der Waals surface area contributed by atoms with Crippen LogP contribution in [-0.2, 0) is 6.18 Å². The molecule has 1 fully saturated rings. The molecule has 1 atom stereocenters. The molecule has 1 aliphatic heterocycles. The molecule has 1 saturated heterocycles. The van der Waals surface area contributed by atoms with Gasteiger partial charge in [-0.25, -0.2) is 0 Å². The third-order valence-corrected chi connectivity index (χ3v) is 3.87. The SMILES string of the molecule is COc1cc(C(F)(F)F)ccc1C(=O)C(C)N1CCNCC1. The van der Waals surface area contributed by atoms with Crippen molar-refractivity contribution in [2.45, 2.75) is 19.1 Å². The van der Waals surface area contributed by atoms with Gasteiger partial charge in [-0.2, -0.15) is 13.2 Å². The van der Waals surface area contributed by atoms with Crippen LogP contribution >= 0.6 is 0 Å². The molecular weight excluding hydrogens is 297 g/mol. The van der Waals surface area contributed by atoms with Gasteiger partial charge in [-0.15, -0.1) is 0 Å². The van der Waals surface area contributed by atoms with Crippen LogP contribution in [0.1, 0.15) is 22.8 Å². The summed E-state index contributed by atoms with van der Waals surface area (Å²) < 4.78 is 43.2. The Morgan fingerprint density at radius 3 is 2.50 bits per heavy atom. The second kappa shape index (κ2) is 6.66. The third kappa shape index (κ3) is 3.59. The maximum atomic E-state index is 12.7. The minimum absolute atomic E-state index is 0.0400. The molecular formula is C15H19F3N2O2. The summed E-state index contributed by atoms with van der Waals surface area (Å²) in [6.45, 7) is 4.82. The van der Waals surface area contributed by atoms with E-state index in [4.69, 9.17) is 4.74 Å². The highest BCUT2D eigenvalue weighted by atomic mass is 19.4. The zero-order chi connectivity index (χ0) is 16.3. The number of carbonyl (C=O) groups excluding carboxylic acids is 1. The first kappa shape index (κ1) is 16.8. The maximum absolute atomic E-state index is 12.7. The van der Waals surface area contributed by atoms with Crippen molar-refractivity contribution < 1.29 is 22.7 Å². The number of benzene rings is 1. The predicted molar refractivity (Wildman–Crippen MR) is 76.2 cm³/mol. The highest BCUT2D eigenvalue weighted by Crippen LogP contribution is 2.33. The number of methoxy groups -OCH3 is 1. The smallest absolute Gasteiger partial charge is 0.416 e. The largest absolute Gasteiger partial charge is 0.496 e. The summed E-state index contributed by atoms with van der Waals surface area (Å²) in [5.41, 5.74) is -0.641. The molecule has 0 amide bonds. The lowest BCUT2D eigenvalue weighted by atomic mass is 10.0. The van der Waals surface area contributed by atoms with Crippen molar-refractivity contribution in [3.63, 3.8) is 0 Å². The average molecular weight is 316 g/mol. The Hall–Kier alpha value is -1.60. The molecule has 4 nitrogen and oxygen atoms in total. The minimum atomic E-state index is -4.46.